The van der Waals surface area contributed by atoms with Gasteiger partial charge in [-0.3, -0.25) is 0 Å². The lowest BCUT2D eigenvalue weighted by atomic mass is 10.2. The lowest BCUT2D eigenvalue weighted by molar-refractivity contribution is 0.790. The van der Waals surface area contributed by atoms with Crippen LogP contribution in [0.15, 0.2) is 24.8 Å². The van der Waals surface area contributed by atoms with Crippen LogP contribution in [-0.2, 0) is 0 Å². The van der Waals surface area contributed by atoms with E-state index in [9.17, 15) is 0 Å². The van der Waals surface area contributed by atoms with Crippen molar-refractivity contribution in [3.8, 4) is 6.07 Å². The summed E-state index contributed by atoms with van der Waals surface area (Å²) in [4.78, 5) is 6.48. The second-order valence-corrected chi connectivity index (χ2v) is 3.82. The molecule has 1 aromatic heterocycles. The van der Waals surface area contributed by atoms with Gasteiger partial charge in [-0.25, -0.2) is 4.98 Å². The van der Waals surface area contributed by atoms with Crippen molar-refractivity contribution in [2.24, 2.45) is 0 Å². The number of allylic oxidation sites excluding steroid dienone is 1. The van der Waals surface area contributed by atoms with E-state index in [4.69, 9.17) is 5.26 Å². The number of pyridine rings is 1. The molecular weight excluding hydrogens is 198 g/mol. The second-order valence-electron chi connectivity index (χ2n) is 3.82. The summed E-state index contributed by atoms with van der Waals surface area (Å²) in [6.07, 6.45) is 3.97. The van der Waals surface area contributed by atoms with Crippen molar-refractivity contribution in [2.45, 2.75) is 19.8 Å². The van der Waals surface area contributed by atoms with Crippen molar-refractivity contribution < 1.29 is 0 Å². The highest BCUT2D eigenvalue weighted by atomic mass is 15.2. The van der Waals surface area contributed by atoms with Crippen LogP contribution < -0.4 is 4.90 Å². The summed E-state index contributed by atoms with van der Waals surface area (Å²) in [7, 11) is 1.99. The molecule has 3 nitrogen and oxygen atoms in total. The molecule has 0 fully saturated rings. The minimum atomic E-state index is 0.665. The third-order valence-electron chi connectivity index (χ3n) is 2.36. The van der Waals surface area contributed by atoms with Gasteiger partial charge in [0.1, 0.15) is 5.82 Å². The molecule has 1 rings (SSSR count). The second kappa shape index (κ2) is 5.92. The number of unbranched alkanes of at least 4 members (excludes halogenated alkanes) is 1. The first kappa shape index (κ1) is 12.3. The van der Waals surface area contributed by atoms with Crippen LogP contribution >= 0.6 is 0 Å². The number of nitriles is 1. The molecule has 0 spiro atoms. The molecule has 0 bridgehead atoms. The molecule has 1 heterocycles. The zero-order chi connectivity index (χ0) is 12.0. The van der Waals surface area contributed by atoms with Gasteiger partial charge in [-0.15, -0.1) is 6.58 Å². The fourth-order valence-corrected chi connectivity index (χ4v) is 1.50. The Kier molecular flexibility index (Phi) is 4.53. The van der Waals surface area contributed by atoms with Gasteiger partial charge in [0.15, 0.2) is 0 Å². The van der Waals surface area contributed by atoms with Crippen LogP contribution in [0.2, 0.25) is 0 Å². The predicted octanol–water partition coefficient (Wildman–Crippen LogP) is 2.66. The van der Waals surface area contributed by atoms with Gasteiger partial charge in [-0.1, -0.05) is 6.08 Å². The molecule has 16 heavy (non-hydrogen) atoms. The summed E-state index contributed by atoms with van der Waals surface area (Å²) in [5.74, 6) is 0.862. The van der Waals surface area contributed by atoms with Crippen molar-refractivity contribution in [1.29, 1.82) is 5.26 Å². The Hall–Kier alpha value is -1.82. The summed E-state index contributed by atoms with van der Waals surface area (Å²) < 4.78 is 0. The zero-order valence-corrected chi connectivity index (χ0v) is 9.90. The fraction of sp³-hybridized carbons (Fsp3) is 0.385. The lowest BCUT2D eigenvalue weighted by Gasteiger charge is -2.18. The average Bonchev–Trinajstić information content (AvgIpc) is 2.28. The number of anilines is 1. The van der Waals surface area contributed by atoms with Crippen molar-refractivity contribution in [3.63, 3.8) is 0 Å². The normalized spacial score (nSPS) is 9.56. The zero-order valence-electron chi connectivity index (χ0n) is 9.90. The van der Waals surface area contributed by atoms with Gasteiger partial charge < -0.3 is 4.90 Å². The fourth-order valence-electron chi connectivity index (χ4n) is 1.50. The Morgan fingerprint density at radius 1 is 1.56 bits per heavy atom. The molecule has 84 valence electrons. The number of nitrogens with zero attached hydrogens (tertiary/aromatic N) is 3. The molecular formula is C13H17N3. The van der Waals surface area contributed by atoms with E-state index in [0.717, 1.165) is 30.9 Å². The minimum absolute atomic E-state index is 0.665. The highest BCUT2D eigenvalue weighted by molar-refractivity contribution is 5.45. The summed E-state index contributed by atoms with van der Waals surface area (Å²) in [6, 6.07) is 5.76. The van der Waals surface area contributed by atoms with Crippen LogP contribution in [-0.4, -0.2) is 18.6 Å². The van der Waals surface area contributed by atoms with Crippen LogP contribution in [0.5, 0.6) is 0 Å². The quantitative estimate of drug-likeness (QED) is 0.560. The maximum atomic E-state index is 8.87. The van der Waals surface area contributed by atoms with Gasteiger partial charge in [-0.2, -0.15) is 5.26 Å². The van der Waals surface area contributed by atoms with Gasteiger partial charge in [0.05, 0.1) is 11.6 Å². The van der Waals surface area contributed by atoms with Crippen molar-refractivity contribution >= 4 is 5.82 Å². The molecule has 1 aromatic rings. The number of hydrogen-bond donors (Lipinski definition) is 0. The third-order valence-corrected chi connectivity index (χ3v) is 2.36. The van der Waals surface area contributed by atoms with E-state index in [1.807, 2.05) is 26.1 Å². The smallest absolute Gasteiger partial charge is 0.129 e. The summed E-state index contributed by atoms with van der Waals surface area (Å²) in [5.41, 5.74) is 1.54. The van der Waals surface area contributed by atoms with E-state index in [2.05, 4.69) is 22.5 Å². The van der Waals surface area contributed by atoms with Gasteiger partial charge >= 0.3 is 0 Å². The van der Waals surface area contributed by atoms with E-state index >= 15 is 0 Å². The average molecular weight is 215 g/mol. The first-order valence-corrected chi connectivity index (χ1v) is 5.38. The van der Waals surface area contributed by atoms with Crippen molar-refractivity contribution in [2.75, 3.05) is 18.5 Å². The Labute approximate surface area is 97.0 Å². The van der Waals surface area contributed by atoms with Crippen LogP contribution in [0, 0.1) is 18.3 Å². The number of hydrogen-bond acceptors (Lipinski definition) is 3. The van der Waals surface area contributed by atoms with Gasteiger partial charge in [0.2, 0.25) is 0 Å². The van der Waals surface area contributed by atoms with Crippen LogP contribution in [0.4, 0.5) is 5.82 Å². The molecule has 0 N–H and O–H groups in total. The number of aromatic nitrogens is 1. The summed E-state index contributed by atoms with van der Waals surface area (Å²) in [5, 5.41) is 8.87. The molecule has 0 amide bonds. The maximum Gasteiger partial charge on any atom is 0.129 e. The molecule has 0 radical (unpaired) electrons. The highest BCUT2D eigenvalue weighted by Gasteiger charge is 2.04. The van der Waals surface area contributed by atoms with E-state index in [0.29, 0.717) is 5.56 Å². The van der Waals surface area contributed by atoms with Gasteiger partial charge in [0.25, 0.3) is 0 Å². The molecule has 0 aromatic carbocycles. The topological polar surface area (TPSA) is 39.9 Å². The minimum Gasteiger partial charge on any atom is -0.360 e. The standard InChI is InChI=1S/C13H17N3/c1-4-5-6-7-16(3)13-9-12(10-14)8-11(2)15-13/h4,8-9H,1,5-7H2,2-3H3. The first-order chi connectivity index (χ1) is 7.67. The Morgan fingerprint density at radius 2 is 2.31 bits per heavy atom. The van der Waals surface area contributed by atoms with E-state index in [1.165, 1.54) is 0 Å². The molecule has 0 aliphatic heterocycles. The van der Waals surface area contributed by atoms with Crippen LogP contribution in [0.25, 0.3) is 0 Å². The Bertz CT molecular complexity index is 404. The lowest BCUT2D eigenvalue weighted by Crippen LogP contribution is -2.19. The summed E-state index contributed by atoms with van der Waals surface area (Å²) >= 11 is 0. The molecule has 0 aliphatic rings. The van der Waals surface area contributed by atoms with E-state index in [-0.39, 0.29) is 0 Å². The third kappa shape index (κ3) is 3.39. The largest absolute Gasteiger partial charge is 0.360 e. The molecule has 0 unspecified atom stereocenters. The molecule has 0 saturated carbocycles. The van der Waals surface area contributed by atoms with E-state index in [1.54, 1.807) is 6.07 Å². The summed E-state index contributed by atoms with van der Waals surface area (Å²) in [6.45, 7) is 6.52. The number of aryl methyl sites for hydroxylation is 1. The maximum absolute atomic E-state index is 8.87. The molecule has 0 aliphatic carbocycles. The Balaban J connectivity index is 2.75. The first-order valence-electron chi connectivity index (χ1n) is 5.38. The highest BCUT2D eigenvalue weighted by Crippen LogP contribution is 2.13. The molecule has 0 saturated heterocycles. The number of rotatable bonds is 5. The Morgan fingerprint density at radius 3 is 2.94 bits per heavy atom. The van der Waals surface area contributed by atoms with Crippen molar-refractivity contribution in [3.05, 3.63) is 36.0 Å². The van der Waals surface area contributed by atoms with Gasteiger partial charge in [-0.05, 0) is 31.9 Å². The van der Waals surface area contributed by atoms with Crippen molar-refractivity contribution in [1.82, 2.24) is 4.98 Å². The monoisotopic (exact) mass is 215 g/mol. The SMILES string of the molecule is C=CCCCN(C)c1cc(C#N)cc(C)n1. The predicted molar refractivity (Wildman–Crippen MR) is 66.4 cm³/mol. The molecule has 3 heteroatoms. The van der Waals surface area contributed by atoms with Gasteiger partial charge in [0, 0.05) is 19.3 Å². The van der Waals surface area contributed by atoms with Crippen LogP contribution in [0.3, 0.4) is 0 Å². The molecule has 0 atom stereocenters. The van der Waals surface area contributed by atoms with E-state index < -0.39 is 0 Å². The van der Waals surface area contributed by atoms with Crippen LogP contribution in [0.1, 0.15) is 24.1 Å².